The van der Waals surface area contributed by atoms with E-state index in [9.17, 15) is 43.5 Å². The Morgan fingerprint density at radius 3 is 2.20 bits per heavy atom. The van der Waals surface area contributed by atoms with Gasteiger partial charge in [0.15, 0.2) is 12.0 Å². The number of aromatic nitrogens is 2. The molecule has 0 aromatic carbocycles. The number of aromatic hydroxyl groups is 1. The molecule has 30 heavy (non-hydrogen) atoms. The van der Waals surface area contributed by atoms with E-state index in [0.29, 0.717) is 10.8 Å². The normalized spacial score (nSPS) is 28.7. The van der Waals surface area contributed by atoms with Gasteiger partial charge in [-0.15, -0.1) is 0 Å². The van der Waals surface area contributed by atoms with Gasteiger partial charge < -0.3 is 39.6 Å². The minimum absolute atomic E-state index is 0.495. The van der Waals surface area contributed by atoms with E-state index in [0.717, 1.165) is 0 Å². The lowest BCUT2D eigenvalue weighted by Crippen LogP contribution is -2.37. The summed E-state index contributed by atoms with van der Waals surface area (Å²) in [4.78, 5) is 59.9. The van der Waals surface area contributed by atoms with E-state index in [4.69, 9.17) is 19.4 Å². The van der Waals surface area contributed by atoms with Crippen molar-refractivity contribution >= 4 is 23.5 Å². The molecule has 2 heterocycles. The van der Waals surface area contributed by atoms with Crippen molar-refractivity contribution < 1.29 is 66.5 Å². The van der Waals surface area contributed by atoms with Crippen LogP contribution < -0.4 is 11.2 Å². The summed E-state index contributed by atoms with van der Waals surface area (Å²) in [5.74, 6) is -0.934. The highest BCUT2D eigenvalue weighted by Crippen LogP contribution is 2.66. The summed E-state index contributed by atoms with van der Waals surface area (Å²) in [6, 6.07) is 0. The van der Waals surface area contributed by atoms with Crippen LogP contribution in [0.1, 0.15) is 6.23 Å². The standard InChI is InChI=1S/C9H15N2O16P3/c12-3-1-11(9(16)10-7(3)15)8-6(14)5(13)4(25-8)2-24-29(20,21)27-30(22,23)26-28(17,18)19/h1,4-6,8,12-14H,2H2,(H,20,21)(H,22,23)(H,10,15,16)(H2,17,18,19)/t4-,5-,6-,8-/m1/s1. The van der Waals surface area contributed by atoms with Crippen molar-refractivity contribution in [3.63, 3.8) is 0 Å². The molecule has 2 unspecified atom stereocenters. The van der Waals surface area contributed by atoms with Gasteiger partial charge in [-0.2, -0.15) is 8.62 Å². The molecular formula is C9H15N2O16P3. The van der Waals surface area contributed by atoms with Gasteiger partial charge in [0.1, 0.15) is 18.3 Å². The summed E-state index contributed by atoms with van der Waals surface area (Å²) in [6.07, 6.45) is -6.52. The van der Waals surface area contributed by atoms with Crippen LogP contribution in [0.4, 0.5) is 0 Å². The monoisotopic (exact) mass is 500 g/mol. The minimum atomic E-state index is -5.76. The van der Waals surface area contributed by atoms with E-state index >= 15 is 0 Å². The number of hydrogen-bond acceptors (Lipinski definition) is 12. The highest BCUT2D eigenvalue weighted by Gasteiger charge is 2.46. The van der Waals surface area contributed by atoms with Crippen LogP contribution in [0.15, 0.2) is 15.8 Å². The summed E-state index contributed by atoms with van der Waals surface area (Å²) in [6.45, 7) is -1.11. The van der Waals surface area contributed by atoms with Crippen molar-refractivity contribution in [3.05, 3.63) is 27.0 Å². The highest BCUT2D eigenvalue weighted by molar-refractivity contribution is 7.66. The van der Waals surface area contributed by atoms with Crippen molar-refractivity contribution in [2.45, 2.75) is 24.5 Å². The van der Waals surface area contributed by atoms with Gasteiger partial charge in [0.2, 0.25) is 0 Å². The van der Waals surface area contributed by atoms with E-state index in [1.165, 1.54) is 0 Å². The number of ether oxygens (including phenoxy) is 1. The first-order valence-electron chi connectivity index (χ1n) is 7.36. The molecule has 0 spiro atoms. The van der Waals surface area contributed by atoms with E-state index in [1.807, 2.05) is 0 Å². The van der Waals surface area contributed by atoms with Gasteiger partial charge >= 0.3 is 29.2 Å². The van der Waals surface area contributed by atoms with Gasteiger partial charge in [-0.3, -0.25) is 18.9 Å². The summed E-state index contributed by atoms with van der Waals surface area (Å²) < 4.78 is 50.3. The molecule has 0 radical (unpaired) electrons. The molecule has 1 aromatic rings. The zero-order valence-corrected chi connectivity index (χ0v) is 16.9. The van der Waals surface area contributed by atoms with E-state index in [1.54, 1.807) is 4.98 Å². The molecule has 6 atom stereocenters. The Labute approximate surface area is 164 Å². The number of phosphoric ester groups is 1. The minimum Gasteiger partial charge on any atom is -0.502 e. The number of hydrogen-bond donors (Lipinski definition) is 8. The molecule has 0 aliphatic carbocycles. The van der Waals surface area contributed by atoms with Crippen LogP contribution in [0.3, 0.4) is 0 Å². The maximum atomic E-state index is 11.8. The van der Waals surface area contributed by atoms with Crippen LogP contribution in [0.25, 0.3) is 0 Å². The molecule has 172 valence electrons. The Hall–Kier alpha value is -1.23. The topological polar surface area (TPSA) is 285 Å². The molecule has 8 N–H and O–H groups in total. The van der Waals surface area contributed by atoms with Crippen LogP contribution in [-0.4, -0.2) is 69.4 Å². The zero-order chi connectivity index (χ0) is 23.1. The molecule has 0 saturated carbocycles. The molecule has 1 saturated heterocycles. The predicted molar refractivity (Wildman–Crippen MR) is 88.7 cm³/mol. The summed E-state index contributed by atoms with van der Waals surface area (Å²) in [7, 11) is -16.9. The Kier molecular flexibility index (Phi) is 7.28. The van der Waals surface area contributed by atoms with Gasteiger partial charge in [-0.05, 0) is 0 Å². The van der Waals surface area contributed by atoms with Crippen LogP contribution in [0.5, 0.6) is 5.75 Å². The van der Waals surface area contributed by atoms with Crippen molar-refractivity contribution in [2.24, 2.45) is 0 Å². The molecule has 1 fully saturated rings. The molecule has 1 aliphatic rings. The van der Waals surface area contributed by atoms with Crippen LogP contribution in [-0.2, 0) is 31.6 Å². The van der Waals surface area contributed by atoms with Crippen molar-refractivity contribution in [2.75, 3.05) is 6.61 Å². The Bertz CT molecular complexity index is 1040. The molecule has 2 rings (SSSR count). The number of nitrogens with one attached hydrogen (secondary N) is 1. The lowest BCUT2D eigenvalue weighted by atomic mass is 10.1. The molecule has 18 nitrogen and oxygen atoms in total. The average molecular weight is 500 g/mol. The molecule has 21 heteroatoms. The van der Waals surface area contributed by atoms with Crippen LogP contribution >= 0.6 is 23.5 Å². The lowest BCUT2D eigenvalue weighted by molar-refractivity contribution is -0.0544. The number of H-pyrrole nitrogens is 1. The quantitative estimate of drug-likeness (QED) is 0.167. The number of aliphatic hydroxyl groups excluding tert-OH is 2. The fraction of sp³-hybridized carbons (Fsp3) is 0.556. The summed E-state index contributed by atoms with van der Waals surface area (Å²) in [5, 5.41) is 29.3. The zero-order valence-electron chi connectivity index (χ0n) is 14.2. The van der Waals surface area contributed by atoms with Gasteiger partial charge in [-0.1, -0.05) is 0 Å². The van der Waals surface area contributed by atoms with Crippen molar-refractivity contribution in [3.8, 4) is 5.75 Å². The number of aliphatic hydroxyl groups is 2. The fourth-order valence-electron chi connectivity index (χ4n) is 2.23. The Balaban J connectivity index is 2.09. The molecule has 0 amide bonds. The molecule has 0 bridgehead atoms. The van der Waals surface area contributed by atoms with Gasteiger partial charge in [-0.25, -0.2) is 18.5 Å². The number of rotatable bonds is 8. The van der Waals surface area contributed by atoms with E-state index in [-0.39, 0.29) is 0 Å². The molecular weight excluding hydrogens is 485 g/mol. The molecule has 1 aliphatic heterocycles. The van der Waals surface area contributed by atoms with Gasteiger partial charge in [0, 0.05) is 0 Å². The van der Waals surface area contributed by atoms with Crippen LogP contribution in [0, 0.1) is 0 Å². The first-order chi connectivity index (χ1) is 13.5. The maximum absolute atomic E-state index is 11.8. The maximum Gasteiger partial charge on any atom is 0.490 e. The highest BCUT2D eigenvalue weighted by atomic mass is 31.3. The van der Waals surface area contributed by atoms with Crippen molar-refractivity contribution in [1.29, 1.82) is 0 Å². The third kappa shape index (κ3) is 6.38. The molecule has 1 aromatic heterocycles. The lowest BCUT2D eigenvalue weighted by Gasteiger charge is -2.19. The second kappa shape index (κ2) is 8.72. The Morgan fingerprint density at radius 1 is 1.03 bits per heavy atom. The second-order valence-corrected chi connectivity index (χ2v) is 10.0. The fourth-order valence-corrected chi connectivity index (χ4v) is 5.26. The number of aromatic amines is 1. The van der Waals surface area contributed by atoms with E-state index < -0.39 is 71.6 Å². The number of nitrogens with zero attached hydrogens (tertiary/aromatic N) is 1. The second-order valence-electron chi connectivity index (χ2n) is 5.61. The smallest absolute Gasteiger partial charge is 0.490 e. The SMILES string of the molecule is O=c1[nH]c(=O)n([C@@H]2O[C@H](COP(=O)(O)OP(=O)(O)OP(=O)(O)O)[C@@H](O)[C@H]2O)cc1O. The van der Waals surface area contributed by atoms with Crippen molar-refractivity contribution in [1.82, 2.24) is 9.55 Å². The first kappa shape index (κ1) is 25.0. The third-order valence-electron chi connectivity index (χ3n) is 3.38. The van der Waals surface area contributed by atoms with E-state index in [2.05, 4.69) is 13.1 Å². The van der Waals surface area contributed by atoms with Gasteiger partial charge in [0.25, 0.3) is 5.56 Å². The average Bonchev–Trinajstić information content (AvgIpc) is 2.81. The Morgan fingerprint density at radius 2 is 1.63 bits per heavy atom. The third-order valence-corrected chi connectivity index (χ3v) is 7.18. The van der Waals surface area contributed by atoms with Gasteiger partial charge in [0.05, 0.1) is 12.8 Å². The number of phosphoric acid groups is 3. The first-order valence-corrected chi connectivity index (χ1v) is 11.9. The largest absolute Gasteiger partial charge is 0.502 e. The summed E-state index contributed by atoms with van der Waals surface area (Å²) in [5.41, 5.74) is -2.30. The predicted octanol–water partition coefficient (Wildman–Crippen LogP) is -2.80. The summed E-state index contributed by atoms with van der Waals surface area (Å²) >= 11 is 0. The van der Waals surface area contributed by atoms with Crippen LogP contribution in [0.2, 0.25) is 0 Å².